The van der Waals surface area contributed by atoms with Gasteiger partial charge in [-0.2, -0.15) is 0 Å². The van der Waals surface area contributed by atoms with Gasteiger partial charge in [0.2, 0.25) is 0 Å². The summed E-state index contributed by atoms with van der Waals surface area (Å²) in [5, 5.41) is 11.6. The summed E-state index contributed by atoms with van der Waals surface area (Å²) in [6.07, 6.45) is 2.67. The van der Waals surface area contributed by atoms with Gasteiger partial charge in [-0.05, 0) is 46.7 Å². The second-order valence-corrected chi connectivity index (χ2v) is 5.90. The molecule has 6 nitrogen and oxygen atoms in total. The monoisotopic (exact) mass is 312 g/mol. The summed E-state index contributed by atoms with van der Waals surface area (Å²) in [6.45, 7) is 7.33. The molecule has 1 heterocycles. The molecule has 7 heteroatoms. The number of likely N-dealkylation sites (tertiary alicyclic amines) is 1. The third-order valence-corrected chi connectivity index (χ3v) is 2.88. The van der Waals surface area contributed by atoms with Gasteiger partial charge in [0.1, 0.15) is 11.6 Å². The molecule has 1 aliphatic heterocycles. The van der Waals surface area contributed by atoms with Crippen molar-refractivity contribution in [1.29, 1.82) is 0 Å². The first kappa shape index (κ1) is 20.3. The standard InChI is InChI=1S/C13H24N2O4.K.H/c1-13(2,3)19-12(18)14-10(11(16)17)9-15-7-5-4-6-8-15;;/h10H,4-9H2,1-3H3,(H,14,18)(H,16,17);;/t10-;;/m1../s1. The van der Waals surface area contributed by atoms with Crippen LogP contribution in [0.2, 0.25) is 0 Å². The Hall–Kier alpha value is 0.336. The molecular formula is C13H25KN2O4. The van der Waals surface area contributed by atoms with E-state index in [4.69, 9.17) is 9.84 Å². The predicted molar refractivity (Wildman–Crippen MR) is 78.2 cm³/mol. The van der Waals surface area contributed by atoms with Crippen molar-refractivity contribution < 1.29 is 19.4 Å². The van der Waals surface area contributed by atoms with E-state index in [1.165, 1.54) is 6.42 Å². The Balaban J connectivity index is 0.00000361. The van der Waals surface area contributed by atoms with E-state index in [2.05, 4.69) is 10.2 Å². The van der Waals surface area contributed by atoms with Gasteiger partial charge >= 0.3 is 63.4 Å². The van der Waals surface area contributed by atoms with Crippen molar-refractivity contribution in [2.75, 3.05) is 19.6 Å². The average molecular weight is 312 g/mol. The molecule has 1 rings (SSSR count). The summed E-state index contributed by atoms with van der Waals surface area (Å²) in [5.74, 6) is -1.03. The Labute approximate surface area is 163 Å². The molecule has 1 saturated heterocycles. The molecule has 0 aliphatic carbocycles. The molecule has 112 valence electrons. The summed E-state index contributed by atoms with van der Waals surface area (Å²) >= 11 is 0. The Morgan fingerprint density at radius 2 is 1.80 bits per heavy atom. The van der Waals surface area contributed by atoms with Gasteiger partial charge < -0.3 is 20.1 Å². The van der Waals surface area contributed by atoms with Gasteiger partial charge in [-0.15, -0.1) is 0 Å². The normalized spacial score (nSPS) is 17.8. The first-order chi connectivity index (χ1) is 8.78. The van der Waals surface area contributed by atoms with E-state index in [0.29, 0.717) is 6.54 Å². The van der Waals surface area contributed by atoms with E-state index in [1.54, 1.807) is 20.8 Å². The number of carbonyl (C=O) groups is 2. The number of carbonyl (C=O) groups excluding carboxylic acids is 1. The number of rotatable bonds is 4. The molecule has 20 heavy (non-hydrogen) atoms. The topological polar surface area (TPSA) is 78.9 Å². The van der Waals surface area contributed by atoms with Crippen molar-refractivity contribution in [3.63, 3.8) is 0 Å². The van der Waals surface area contributed by atoms with Crippen molar-refractivity contribution in [2.24, 2.45) is 0 Å². The molecule has 2 N–H and O–H groups in total. The van der Waals surface area contributed by atoms with Crippen LogP contribution >= 0.6 is 0 Å². The number of alkyl carbamates (subject to hydrolysis) is 1. The molecule has 1 amide bonds. The summed E-state index contributed by atoms with van der Waals surface area (Å²) in [7, 11) is 0. The first-order valence-electron chi connectivity index (χ1n) is 6.72. The number of hydrogen-bond donors (Lipinski definition) is 2. The molecular weight excluding hydrogens is 287 g/mol. The molecule has 0 spiro atoms. The van der Waals surface area contributed by atoms with Gasteiger partial charge in [0.25, 0.3) is 0 Å². The first-order valence-corrected chi connectivity index (χ1v) is 6.72. The molecule has 1 aliphatic rings. The number of ether oxygens (including phenoxy) is 1. The molecule has 0 bridgehead atoms. The van der Waals surface area contributed by atoms with Gasteiger partial charge in [-0.1, -0.05) is 6.42 Å². The van der Waals surface area contributed by atoms with E-state index in [9.17, 15) is 9.59 Å². The minimum absolute atomic E-state index is 0. The Morgan fingerprint density at radius 3 is 2.25 bits per heavy atom. The van der Waals surface area contributed by atoms with Crippen LogP contribution in [-0.2, 0) is 9.53 Å². The molecule has 1 fully saturated rings. The Morgan fingerprint density at radius 1 is 1.25 bits per heavy atom. The number of hydrogen-bond acceptors (Lipinski definition) is 4. The Kier molecular flexibility index (Phi) is 9.53. The fraction of sp³-hybridized carbons (Fsp3) is 0.846. The van der Waals surface area contributed by atoms with Crippen LogP contribution in [-0.4, -0.2) is 105 Å². The van der Waals surface area contributed by atoms with Crippen molar-refractivity contribution in [2.45, 2.75) is 51.7 Å². The third-order valence-electron chi connectivity index (χ3n) is 2.88. The summed E-state index contributed by atoms with van der Waals surface area (Å²) in [6, 6.07) is -0.923. The fourth-order valence-corrected chi connectivity index (χ4v) is 2.04. The van der Waals surface area contributed by atoms with E-state index in [1.807, 2.05) is 0 Å². The van der Waals surface area contributed by atoms with Crippen LogP contribution in [0.3, 0.4) is 0 Å². The number of piperidine rings is 1. The second kappa shape index (κ2) is 9.37. The number of nitrogens with zero attached hydrogens (tertiary/aromatic N) is 1. The zero-order chi connectivity index (χ0) is 14.5. The van der Waals surface area contributed by atoms with Crippen LogP contribution in [0.15, 0.2) is 0 Å². The summed E-state index contributed by atoms with van der Waals surface area (Å²) in [5.41, 5.74) is -0.627. The number of carboxylic acid groups (broad SMARTS) is 1. The number of carboxylic acids is 1. The maximum atomic E-state index is 11.6. The van der Waals surface area contributed by atoms with E-state index in [0.717, 1.165) is 25.9 Å². The zero-order valence-corrected chi connectivity index (χ0v) is 11.9. The Bertz CT molecular complexity index is 325. The van der Waals surface area contributed by atoms with Crippen LogP contribution in [0.4, 0.5) is 4.79 Å². The van der Waals surface area contributed by atoms with Crippen LogP contribution in [0.1, 0.15) is 40.0 Å². The molecule has 0 aromatic rings. The quantitative estimate of drug-likeness (QED) is 0.751. The maximum absolute atomic E-state index is 11.6. The second-order valence-electron chi connectivity index (χ2n) is 5.90. The molecule has 0 saturated carbocycles. The number of aliphatic carboxylic acids is 1. The fourth-order valence-electron chi connectivity index (χ4n) is 2.04. The predicted octanol–water partition coefficient (Wildman–Crippen LogP) is 0.802. The number of nitrogens with one attached hydrogen (secondary N) is 1. The van der Waals surface area contributed by atoms with E-state index in [-0.39, 0.29) is 51.4 Å². The van der Waals surface area contributed by atoms with Crippen molar-refractivity contribution in [3.8, 4) is 0 Å². The van der Waals surface area contributed by atoms with Crippen molar-refractivity contribution in [3.05, 3.63) is 0 Å². The van der Waals surface area contributed by atoms with Gasteiger partial charge in [0.05, 0.1) is 0 Å². The molecule has 0 radical (unpaired) electrons. The van der Waals surface area contributed by atoms with Crippen LogP contribution in [0.5, 0.6) is 0 Å². The van der Waals surface area contributed by atoms with Crippen LogP contribution < -0.4 is 5.32 Å². The molecule has 0 aromatic heterocycles. The SMILES string of the molecule is CC(C)(C)OC(=O)N[C@H](CN1CCCCC1)C(=O)O.[KH]. The third kappa shape index (κ3) is 8.59. The molecule has 0 aromatic carbocycles. The van der Waals surface area contributed by atoms with Gasteiger partial charge in [0.15, 0.2) is 0 Å². The van der Waals surface area contributed by atoms with Crippen LogP contribution in [0, 0.1) is 0 Å². The van der Waals surface area contributed by atoms with E-state index >= 15 is 0 Å². The average Bonchev–Trinajstić information content (AvgIpc) is 2.26. The molecule has 1 atom stereocenters. The van der Waals surface area contributed by atoms with Crippen molar-refractivity contribution >= 4 is 63.4 Å². The van der Waals surface area contributed by atoms with Gasteiger partial charge in [-0.25, -0.2) is 9.59 Å². The van der Waals surface area contributed by atoms with Gasteiger partial charge in [0, 0.05) is 6.54 Å². The van der Waals surface area contributed by atoms with Crippen LogP contribution in [0.25, 0.3) is 0 Å². The minimum atomic E-state index is -1.03. The molecule has 0 unspecified atom stereocenters. The van der Waals surface area contributed by atoms with Gasteiger partial charge in [-0.3, -0.25) is 0 Å². The number of amides is 1. The summed E-state index contributed by atoms with van der Waals surface area (Å²) < 4.78 is 5.08. The van der Waals surface area contributed by atoms with Crippen molar-refractivity contribution in [1.82, 2.24) is 10.2 Å². The van der Waals surface area contributed by atoms with E-state index < -0.39 is 23.7 Å². The zero-order valence-electron chi connectivity index (χ0n) is 11.9. The summed E-state index contributed by atoms with van der Waals surface area (Å²) in [4.78, 5) is 24.8.